The Morgan fingerprint density at radius 3 is 2.35 bits per heavy atom. The zero-order valence-electron chi connectivity index (χ0n) is 13.5. The molecule has 1 N–H and O–H groups in total. The standard InChI is InChI=1S/C15H23N3O4S/c1-13-3-5-14(6-4-13)22-12-7-16-15(19)17-8-10-18(11-9-17)23(2,20)21/h3-6H,7-12H2,1-2H3,(H,16,19). The van der Waals surface area contributed by atoms with E-state index in [0.29, 0.717) is 39.3 Å². The van der Waals surface area contributed by atoms with Crippen molar-refractivity contribution in [1.82, 2.24) is 14.5 Å². The summed E-state index contributed by atoms with van der Waals surface area (Å²) in [5.74, 6) is 0.770. The van der Waals surface area contributed by atoms with E-state index in [9.17, 15) is 13.2 Å². The molecule has 2 amide bonds. The van der Waals surface area contributed by atoms with Gasteiger partial charge in [0.1, 0.15) is 12.4 Å². The number of nitrogens with zero attached hydrogens (tertiary/aromatic N) is 2. The lowest BCUT2D eigenvalue weighted by molar-refractivity contribution is 0.170. The zero-order chi connectivity index (χ0) is 16.9. The number of hydrogen-bond donors (Lipinski definition) is 1. The number of ether oxygens (including phenoxy) is 1. The summed E-state index contributed by atoms with van der Waals surface area (Å²) in [6.45, 7) is 4.28. The summed E-state index contributed by atoms with van der Waals surface area (Å²) in [6, 6.07) is 7.53. The minimum absolute atomic E-state index is 0.189. The maximum atomic E-state index is 12.0. The minimum atomic E-state index is -3.17. The van der Waals surface area contributed by atoms with E-state index in [2.05, 4.69) is 5.32 Å². The Kier molecular flexibility index (Phi) is 5.84. The Hall–Kier alpha value is -1.80. The Bertz CT molecular complexity index is 623. The van der Waals surface area contributed by atoms with Crippen molar-refractivity contribution < 1.29 is 17.9 Å². The second-order valence-corrected chi connectivity index (χ2v) is 7.52. The Balaban J connectivity index is 1.67. The van der Waals surface area contributed by atoms with E-state index in [0.717, 1.165) is 5.75 Å². The molecular weight excluding hydrogens is 318 g/mol. The van der Waals surface area contributed by atoms with Gasteiger partial charge in [0.25, 0.3) is 0 Å². The van der Waals surface area contributed by atoms with Crippen LogP contribution in [0.1, 0.15) is 5.56 Å². The van der Waals surface area contributed by atoms with Crippen LogP contribution in [0.4, 0.5) is 4.79 Å². The highest BCUT2D eigenvalue weighted by Crippen LogP contribution is 2.11. The number of benzene rings is 1. The number of hydrogen-bond acceptors (Lipinski definition) is 4. The van der Waals surface area contributed by atoms with E-state index in [1.165, 1.54) is 16.1 Å². The average molecular weight is 341 g/mol. The molecule has 0 atom stereocenters. The molecule has 0 radical (unpaired) electrons. The van der Waals surface area contributed by atoms with Crippen LogP contribution in [0.3, 0.4) is 0 Å². The van der Waals surface area contributed by atoms with Crippen molar-refractivity contribution in [2.24, 2.45) is 0 Å². The van der Waals surface area contributed by atoms with E-state index in [-0.39, 0.29) is 6.03 Å². The van der Waals surface area contributed by atoms with Crippen LogP contribution in [0.5, 0.6) is 5.75 Å². The van der Waals surface area contributed by atoms with Gasteiger partial charge < -0.3 is 15.0 Å². The fraction of sp³-hybridized carbons (Fsp3) is 0.533. The largest absolute Gasteiger partial charge is 0.492 e. The van der Waals surface area contributed by atoms with E-state index >= 15 is 0 Å². The van der Waals surface area contributed by atoms with Gasteiger partial charge in [-0.25, -0.2) is 13.2 Å². The van der Waals surface area contributed by atoms with Gasteiger partial charge in [0.2, 0.25) is 10.0 Å². The second-order valence-electron chi connectivity index (χ2n) is 5.54. The van der Waals surface area contributed by atoms with Crippen molar-refractivity contribution in [1.29, 1.82) is 0 Å². The minimum Gasteiger partial charge on any atom is -0.492 e. The molecule has 1 fully saturated rings. The monoisotopic (exact) mass is 341 g/mol. The molecule has 128 valence electrons. The predicted molar refractivity (Wildman–Crippen MR) is 88.1 cm³/mol. The van der Waals surface area contributed by atoms with E-state index in [1.54, 1.807) is 4.90 Å². The van der Waals surface area contributed by atoms with Crippen LogP contribution < -0.4 is 10.1 Å². The molecule has 1 aromatic carbocycles. The molecule has 0 saturated carbocycles. The number of nitrogens with one attached hydrogen (secondary N) is 1. The molecule has 0 aliphatic carbocycles. The van der Waals surface area contributed by atoms with Crippen molar-refractivity contribution in [3.05, 3.63) is 29.8 Å². The molecule has 7 nitrogen and oxygen atoms in total. The van der Waals surface area contributed by atoms with E-state index in [4.69, 9.17) is 4.74 Å². The zero-order valence-corrected chi connectivity index (χ0v) is 14.3. The Morgan fingerprint density at radius 2 is 1.78 bits per heavy atom. The molecule has 0 bridgehead atoms. The van der Waals surface area contributed by atoms with Crippen LogP contribution in [0.2, 0.25) is 0 Å². The predicted octanol–water partition coefficient (Wildman–Crippen LogP) is 0.661. The lowest BCUT2D eigenvalue weighted by Crippen LogP contribution is -2.53. The maximum absolute atomic E-state index is 12.0. The molecule has 1 aliphatic heterocycles. The summed E-state index contributed by atoms with van der Waals surface area (Å²) in [5.41, 5.74) is 1.17. The van der Waals surface area contributed by atoms with E-state index in [1.807, 2.05) is 31.2 Å². The van der Waals surface area contributed by atoms with Crippen LogP contribution in [-0.2, 0) is 10.0 Å². The van der Waals surface area contributed by atoms with Crippen molar-refractivity contribution >= 4 is 16.1 Å². The quantitative estimate of drug-likeness (QED) is 0.798. The molecular formula is C15H23N3O4S. The highest BCUT2D eigenvalue weighted by atomic mass is 32.2. The number of urea groups is 1. The van der Waals surface area contributed by atoms with Crippen LogP contribution in [-0.4, -0.2) is 69.2 Å². The third-order valence-electron chi connectivity index (χ3n) is 3.66. The van der Waals surface area contributed by atoms with Gasteiger partial charge in [-0.05, 0) is 19.1 Å². The first-order chi connectivity index (χ1) is 10.9. The van der Waals surface area contributed by atoms with Crippen molar-refractivity contribution in [3.63, 3.8) is 0 Å². The summed E-state index contributed by atoms with van der Waals surface area (Å²) in [6.07, 6.45) is 1.19. The van der Waals surface area contributed by atoms with Crippen molar-refractivity contribution in [3.8, 4) is 5.75 Å². The number of sulfonamides is 1. The molecule has 2 rings (SSSR count). The van der Waals surface area contributed by atoms with Gasteiger partial charge in [-0.15, -0.1) is 0 Å². The first kappa shape index (κ1) is 17.6. The highest BCUT2D eigenvalue weighted by Gasteiger charge is 2.25. The maximum Gasteiger partial charge on any atom is 0.317 e. The van der Waals surface area contributed by atoms with Gasteiger partial charge >= 0.3 is 6.03 Å². The smallest absolute Gasteiger partial charge is 0.317 e. The lowest BCUT2D eigenvalue weighted by Gasteiger charge is -2.33. The third-order valence-corrected chi connectivity index (χ3v) is 4.97. The fourth-order valence-corrected chi connectivity index (χ4v) is 3.12. The molecule has 1 heterocycles. The van der Waals surface area contributed by atoms with Gasteiger partial charge in [0.05, 0.1) is 12.8 Å². The van der Waals surface area contributed by atoms with E-state index < -0.39 is 10.0 Å². The second kappa shape index (κ2) is 7.65. The number of rotatable bonds is 5. The van der Waals surface area contributed by atoms with Gasteiger partial charge in [-0.3, -0.25) is 0 Å². The van der Waals surface area contributed by atoms with Crippen molar-refractivity contribution in [2.45, 2.75) is 6.92 Å². The number of carbonyl (C=O) groups is 1. The van der Waals surface area contributed by atoms with Crippen LogP contribution >= 0.6 is 0 Å². The fourth-order valence-electron chi connectivity index (χ4n) is 2.30. The number of aryl methyl sites for hydroxylation is 1. The van der Waals surface area contributed by atoms with Crippen LogP contribution in [0.25, 0.3) is 0 Å². The summed E-state index contributed by atoms with van der Waals surface area (Å²) < 4.78 is 29.8. The first-order valence-corrected chi connectivity index (χ1v) is 9.38. The van der Waals surface area contributed by atoms with Gasteiger partial charge in [0, 0.05) is 26.2 Å². The SMILES string of the molecule is Cc1ccc(OCCNC(=O)N2CCN(S(C)(=O)=O)CC2)cc1. The molecule has 1 aliphatic rings. The summed E-state index contributed by atoms with van der Waals surface area (Å²) in [4.78, 5) is 13.6. The summed E-state index contributed by atoms with van der Waals surface area (Å²) in [5, 5.41) is 2.78. The van der Waals surface area contributed by atoms with Gasteiger partial charge in [-0.1, -0.05) is 17.7 Å². The molecule has 8 heteroatoms. The molecule has 0 spiro atoms. The summed E-state index contributed by atoms with van der Waals surface area (Å²) in [7, 11) is -3.17. The average Bonchev–Trinajstić information content (AvgIpc) is 2.52. The number of amides is 2. The summed E-state index contributed by atoms with van der Waals surface area (Å²) >= 11 is 0. The van der Waals surface area contributed by atoms with Crippen LogP contribution in [0, 0.1) is 6.92 Å². The first-order valence-electron chi connectivity index (χ1n) is 7.53. The molecule has 1 aromatic rings. The topological polar surface area (TPSA) is 79.0 Å². The third kappa shape index (κ3) is 5.40. The van der Waals surface area contributed by atoms with Gasteiger partial charge in [0.15, 0.2) is 0 Å². The Morgan fingerprint density at radius 1 is 1.17 bits per heavy atom. The molecule has 23 heavy (non-hydrogen) atoms. The molecule has 1 saturated heterocycles. The van der Waals surface area contributed by atoms with Crippen LogP contribution in [0.15, 0.2) is 24.3 Å². The van der Waals surface area contributed by atoms with Gasteiger partial charge in [-0.2, -0.15) is 4.31 Å². The number of carbonyl (C=O) groups excluding carboxylic acids is 1. The normalized spacial score (nSPS) is 16.2. The molecule has 0 aromatic heterocycles. The number of piperazine rings is 1. The highest BCUT2D eigenvalue weighted by molar-refractivity contribution is 7.88. The molecule has 0 unspecified atom stereocenters. The van der Waals surface area contributed by atoms with Crippen molar-refractivity contribution in [2.75, 3.05) is 45.6 Å². The lowest BCUT2D eigenvalue weighted by atomic mass is 10.2. The Labute approximate surface area is 137 Å².